The molecule has 0 heterocycles. The Bertz CT molecular complexity index is 499. The second-order valence-corrected chi connectivity index (χ2v) is 6.45. The molecule has 0 amide bonds. The minimum atomic E-state index is -3.19. The van der Waals surface area contributed by atoms with E-state index < -0.39 is 9.84 Å². The molecule has 0 fully saturated rings. The Hall–Kier alpha value is -1.11. The minimum absolute atomic E-state index is 0.0168. The second-order valence-electron chi connectivity index (χ2n) is 4.26. The highest BCUT2D eigenvalue weighted by molar-refractivity contribution is 7.90. The molecule has 0 bridgehead atoms. The smallest absolute Gasteiger partial charge is 0.156 e. The zero-order valence-corrected chi connectivity index (χ0v) is 12.4. The SMILES string of the molecule is CNCc1ccc(OC)c(CS(=O)(=O)CCOC)c1. The third-order valence-corrected chi connectivity index (χ3v) is 4.24. The zero-order chi connectivity index (χ0) is 14.3. The van der Waals surface area contributed by atoms with E-state index in [1.807, 2.05) is 19.2 Å². The number of ether oxygens (including phenoxy) is 2. The lowest BCUT2D eigenvalue weighted by molar-refractivity contribution is 0.217. The third kappa shape index (κ3) is 5.18. The molecule has 1 aromatic rings. The Balaban J connectivity index is 2.94. The Morgan fingerprint density at radius 1 is 1.26 bits per heavy atom. The number of nitrogens with one attached hydrogen (secondary N) is 1. The average Bonchev–Trinajstić information content (AvgIpc) is 2.37. The molecule has 0 unspecified atom stereocenters. The first-order chi connectivity index (χ1) is 9.02. The van der Waals surface area contributed by atoms with E-state index in [1.54, 1.807) is 13.2 Å². The van der Waals surface area contributed by atoms with Gasteiger partial charge in [0.15, 0.2) is 9.84 Å². The standard InChI is InChI=1S/C13H21NO4S/c1-14-9-11-4-5-13(18-3)12(8-11)10-19(15,16)7-6-17-2/h4-5,8,14H,6-7,9-10H2,1-3H3. The van der Waals surface area contributed by atoms with Crippen LogP contribution in [0.25, 0.3) is 0 Å². The van der Waals surface area contributed by atoms with Gasteiger partial charge < -0.3 is 14.8 Å². The first-order valence-corrected chi connectivity index (χ1v) is 7.84. The molecule has 0 spiro atoms. The molecule has 19 heavy (non-hydrogen) atoms. The fourth-order valence-corrected chi connectivity index (χ4v) is 3.04. The van der Waals surface area contributed by atoms with E-state index in [2.05, 4.69) is 5.32 Å². The van der Waals surface area contributed by atoms with Crippen LogP contribution in [0.5, 0.6) is 5.75 Å². The molecule has 0 radical (unpaired) electrons. The van der Waals surface area contributed by atoms with Gasteiger partial charge in [-0.2, -0.15) is 0 Å². The summed E-state index contributed by atoms with van der Waals surface area (Å²) in [5, 5.41) is 3.04. The lowest BCUT2D eigenvalue weighted by Crippen LogP contribution is -2.14. The first-order valence-electron chi connectivity index (χ1n) is 6.02. The summed E-state index contributed by atoms with van der Waals surface area (Å²) in [6, 6.07) is 5.58. The molecule has 1 rings (SSSR count). The van der Waals surface area contributed by atoms with Gasteiger partial charge in [0, 0.05) is 19.2 Å². The molecule has 0 saturated carbocycles. The summed E-state index contributed by atoms with van der Waals surface area (Å²) < 4.78 is 33.9. The Kier molecular flexibility index (Phi) is 6.27. The van der Waals surface area contributed by atoms with Gasteiger partial charge in [-0.3, -0.25) is 0 Å². The van der Waals surface area contributed by atoms with Crippen LogP contribution in [0.4, 0.5) is 0 Å². The van der Waals surface area contributed by atoms with Crippen LogP contribution >= 0.6 is 0 Å². The van der Waals surface area contributed by atoms with Crippen molar-refractivity contribution in [1.29, 1.82) is 0 Å². The number of sulfone groups is 1. The van der Waals surface area contributed by atoms with Crippen molar-refractivity contribution in [3.63, 3.8) is 0 Å². The van der Waals surface area contributed by atoms with E-state index in [0.717, 1.165) is 5.56 Å². The molecule has 6 heteroatoms. The van der Waals surface area contributed by atoms with Crippen LogP contribution in [-0.2, 0) is 26.9 Å². The monoisotopic (exact) mass is 287 g/mol. The van der Waals surface area contributed by atoms with Crippen molar-refractivity contribution in [3.05, 3.63) is 29.3 Å². The molecular formula is C13H21NO4S. The number of hydrogen-bond acceptors (Lipinski definition) is 5. The van der Waals surface area contributed by atoms with E-state index >= 15 is 0 Å². The second kappa shape index (κ2) is 7.47. The van der Waals surface area contributed by atoms with E-state index in [-0.39, 0.29) is 18.1 Å². The number of methoxy groups -OCH3 is 2. The summed E-state index contributed by atoms with van der Waals surface area (Å²) in [5.41, 5.74) is 1.71. The molecule has 1 aromatic carbocycles. The molecule has 5 nitrogen and oxygen atoms in total. The summed E-state index contributed by atoms with van der Waals surface area (Å²) >= 11 is 0. The summed E-state index contributed by atoms with van der Waals surface area (Å²) in [7, 11) is 1.69. The summed E-state index contributed by atoms with van der Waals surface area (Å²) in [6.45, 7) is 0.899. The van der Waals surface area contributed by atoms with Crippen molar-refractivity contribution in [2.24, 2.45) is 0 Å². The lowest BCUT2D eigenvalue weighted by Gasteiger charge is -2.11. The van der Waals surface area contributed by atoms with Crippen molar-refractivity contribution >= 4 is 9.84 Å². The molecule has 108 valence electrons. The van der Waals surface area contributed by atoms with Crippen LogP contribution in [0.2, 0.25) is 0 Å². The highest BCUT2D eigenvalue weighted by Gasteiger charge is 2.15. The van der Waals surface area contributed by atoms with Crippen molar-refractivity contribution in [3.8, 4) is 5.75 Å². The predicted octanol–water partition coefficient (Wildman–Crippen LogP) is 0.976. The molecule has 0 atom stereocenters. The van der Waals surface area contributed by atoms with E-state index in [4.69, 9.17) is 9.47 Å². The summed E-state index contributed by atoms with van der Waals surface area (Å²) in [5.74, 6) is 0.584. The van der Waals surface area contributed by atoms with E-state index in [1.165, 1.54) is 7.11 Å². The van der Waals surface area contributed by atoms with Crippen molar-refractivity contribution < 1.29 is 17.9 Å². The largest absolute Gasteiger partial charge is 0.496 e. The maximum absolute atomic E-state index is 11.9. The topological polar surface area (TPSA) is 64.6 Å². The predicted molar refractivity (Wildman–Crippen MR) is 75.1 cm³/mol. The van der Waals surface area contributed by atoms with Crippen LogP contribution in [0.3, 0.4) is 0 Å². The third-order valence-electron chi connectivity index (χ3n) is 2.70. The van der Waals surface area contributed by atoms with Crippen LogP contribution in [0.15, 0.2) is 18.2 Å². The maximum Gasteiger partial charge on any atom is 0.156 e. The molecule has 0 aliphatic rings. The van der Waals surface area contributed by atoms with Gasteiger partial charge in [-0.05, 0) is 24.7 Å². The molecule has 0 aliphatic heterocycles. The summed E-state index contributed by atoms with van der Waals surface area (Å²) in [6.07, 6.45) is 0. The average molecular weight is 287 g/mol. The maximum atomic E-state index is 11.9. The van der Waals surface area contributed by atoms with Gasteiger partial charge in [-0.1, -0.05) is 6.07 Å². The number of benzene rings is 1. The summed E-state index contributed by atoms with van der Waals surface area (Å²) in [4.78, 5) is 0. The highest BCUT2D eigenvalue weighted by atomic mass is 32.2. The molecular weight excluding hydrogens is 266 g/mol. The van der Waals surface area contributed by atoms with Crippen molar-refractivity contribution in [1.82, 2.24) is 5.32 Å². The van der Waals surface area contributed by atoms with Gasteiger partial charge in [0.05, 0.1) is 25.2 Å². The fourth-order valence-electron chi connectivity index (χ4n) is 1.78. The van der Waals surface area contributed by atoms with Gasteiger partial charge in [0.1, 0.15) is 5.75 Å². The normalized spacial score (nSPS) is 11.5. The van der Waals surface area contributed by atoms with E-state index in [9.17, 15) is 8.42 Å². The zero-order valence-electron chi connectivity index (χ0n) is 11.6. The van der Waals surface area contributed by atoms with Crippen LogP contribution in [0, 0.1) is 0 Å². The molecule has 1 N–H and O–H groups in total. The number of hydrogen-bond donors (Lipinski definition) is 1. The minimum Gasteiger partial charge on any atom is -0.496 e. The quantitative estimate of drug-likeness (QED) is 0.772. The van der Waals surface area contributed by atoms with Gasteiger partial charge >= 0.3 is 0 Å². The highest BCUT2D eigenvalue weighted by Crippen LogP contribution is 2.22. The lowest BCUT2D eigenvalue weighted by atomic mass is 10.1. The molecule has 0 aliphatic carbocycles. The molecule has 0 saturated heterocycles. The fraction of sp³-hybridized carbons (Fsp3) is 0.538. The van der Waals surface area contributed by atoms with Crippen molar-refractivity contribution in [2.75, 3.05) is 33.6 Å². The molecule has 0 aromatic heterocycles. The van der Waals surface area contributed by atoms with Crippen molar-refractivity contribution in [2.45, 2.75) is 12.3 Å². The number of rotatable bonds is 8. The Morgan fingerprint density at radius 2 is 2.00 bits per heavy atom. The van der Waals surface area contributed by atoms with Crippen LogP contribution in [-0.4, -0.2) is 42.0 Å². The van der Waals surface area contributed by atoms with E-state index in [0.29, 0.717) is 17.9 Å². The van der Waals surface area contributed by atoms with Gasteiger partial charge in [0.25, 0.3) is 0 Å². The van der Waals surface area contributed by atoms with Gasteiger partial charge in [0.2, 0.25) is 0 Å². The first kappa shape index (κ1) is 15.9. The Morgan fingerprint density at radius 3 is 2.58 bits per heavy atom. The van der Waals surface area contributed by atoms with Crippen LogP contribution < -0.4 is 10.1 Å². The Labute approximate surface area is 114 Å². The van der Waals surface area contributed by atoms with Gasteiger partial charge in [-0.25, -0.2) is 8.42 Å². The van der Waals surface area contributed by atoms with Gasteiger partial charge in [-0.15, -0.1) is 0 Å². The van der Waals surface area contributed by atoms with Crippen LogP contribution in [0.1, 0.15) is 11.1 Å².